The molecule has 1 aromatic carbocycles. The van der Waals surface area contributed by atoms with Gasteiger partial charge in [0.25, 0.3) is 0 Å². The normalized spacial score (nSPS) is 17.5. The lowest BCUT2D eigenvalue weighted by atomic mass is 9.99. The van der Waals surface area contributed by atoms with Gasteiger partial charge >= 0.3 is 12.0 Å². The minimum atomic E-state index is -0.851. The first-order chi connectivity index (χ1) is 11.6. The van der Waals surface area contributed by atoms with Gasteiger partial charge in [-0.05, 0) is 25.0 Å². The van der Waals surface area contributed by atoms with Crippen LogP contribution in [0.5, 0.6) is 0 Å². The van der Waals surface area contributed by atoms with Crippen molar-refractivity contribution in [2.45, 2.75) is 19.4 Å². The number of nitrogens with zero attached hydrogens (tertiary/aromatic N) is 4. The maximum absolute atomic E-state index is 12.2. The molecule has 1 unspecified atom stereocenters. The minimum absolute atomic E-state index is 0.201. The molecular formula is C16H19N5O3. The van der Waals surface area contributed by atoms with E-state index in [9.17, 15) is 9.59 Å². The van der Waals surface area contributed by atoms with Gasteiger partial charge in [0.05, 0.1) is 18.2 Å². The van der Waals surface area contributed by atoms with Crippen molar-refractivity contribution in [2.24, 2.45) is 5.92 Å². The summed E-state index contributed by atoms with van der Waals surface area (Å²) < 4.78 is 1.64. The molecule has 8 nitrogen and oxygen atoms in total. The Labute approximate surface area is 139 Å². The van der Waals surface area contributed by atoms with Gasteiger partial charge in [-0.3, -0.25) is 4.79 Å². The number of nitrogens with one attached hydrogen (secondary N) is 1. The zero-order valence-electron chi connectivity index (χ0n) is 13.1. The van der Waals surface area contributed by atoms with Crippen LogP contribution in [0.15, 0.2) is 36.7 Å². The third kappa shape index (κ3) is 3.70. The predicted molar refractivity (Wildman–Crippen MR) is 85.5 cm³/mol. The fraction of sp³-hybridized carbons (Fsp3) is 0.375. The van der Waals surface area contributed by atoms with Crippen molar-refractivity contribution in [1.82, 2.24) is 25.0 Å². The first-order valence-electron chi connectivity index (χ1n) is 7.85. The van der Waals surface area contributed by atoms with E-state index >= 15 is 0 Å². The van der Waals surface area contributed by atoms with Crippen LogP contribution < -0.4 is 5.32 Å². The molecule has 1 fully saturated rings. The average molecular weight is 329 g/mol. The molecule has 0 bridgehead atoms. The van der Waals surface area contributed by atoms with Crippen LogP contribution in [0.3, 0.4) is 0 Å². The Morgan fingerprint density at radius 2 is 2.08 bits per heavy atom. The summed E-state index contributed by atoms with van der Waals surface area (Å²) in [6.07, 6.45) is 2.91. The number of benzene rings is 1. The molecule has 1 aliphatic rings. The molecular weight excluding hydrogens is 310 g/mol. The van der Waals surface area contributed by atoms with Crippen molar-refractivity contribution < 1.29 is 14.7 Å². The van der Waals surface area contributed by atoms with Crippen molar-refractivity contribution >= 4 is 12.0 Å². The number of carbonyl (C=O) groups is 2. The number of carboxylic acids is 1. The molecule has 2 aromatic rings. The fourth-order valence-electron chi connectivity index (χ4n) is 2.71. The van der Waals surface area contributed by atoms with Crippen LogP contribution in [0.4, 0.5) is 4.79 Å². The molecule has 3 rings (SSSR count). The second-order valence-corrected chi connectivity index (χ2v) is 5.72. The number of likely N-dealkylation sites (tertiary alicyclic amines) is 1. The van der Waals surface area contributed by atoms with Crippen molar-refractivity contribution in [2.75, 3.05) is 13.1 Å². The summed E-state index contributed by atoms with van der Waals surface area (Å²) in [7, 11) is 0. The van der Waals surface area contributed by atoms with Crippen LogP contribution in [0, 0.1) is 5.92 Å². The number of carboxylic acid groups (broad SMARTS) is 1. The molecule has 2 N–H and O–H groups in total. The van der Waals surface area contributed by atoms with Gasteiger partial charge in [-0.1, -0.05) is 18.2 Å². The maximum Gasteiger partial charge on any atom is 0.317 e. The number of amides is 2. The number of carbonyl (C=O) groups excluding carboxylic acids is 1. The number of aromatic nitrogens is 3. The van der Waals surface area contributed by atoms with E-state index in [1.54, 1.807) is 11.0 Å². The zero-order chi connectivity index (χ0) is 16.9. The molecule has 2 heterocycles. The summed E-state index contributed by atoms with van der Waals surface area (Å²) in [5, 5.41) is 16.1. The first kappa shape index (κ1) is 16.0. The second kappa shape index (κ2) is 7.12. The minimum Gasteiger partial charge on any atom is -0.481 e. The molecule has 1 aromatic heterocycles. The van der Waals surface area contributed by atoms with E-state index in [1.165, 1.54) is 4.90 Å². The van der Waals surface area contributed by atoms with Gasteiger partial charge in [-0.25, -0.2) is 14.5 Å². The molecule has 1 atom stereocenters. The SMILES string of the molecule is O=C(O)C1CCCN(C(=O)NCc2ncn(-c3ccccc3)n2)C1. The molecule has 0 aliphatic carbocycles. The van der Waals surface area contributed by atoms with E-state index < -0.39 is 11.9 Å². The Kier molecular flexibility index (Phi) is 4.74. The first-order valence-corrected chi connectivity index (χ1v) is 7.85. The lowest BCUT2D eigenvalue weighted by molar-refractivity contribution is -0.143. The topological polar surface area (TPSA) is 100 Å². The number of piperidine rings is 1. The second-order valence-electron chi connectivity index (χ2n) is 5.72. The molecule has 24 heavy (non-hydrogen) atoms. The van der Waals surface area contributed by atoms with Crippen LogP contribution in [0.25, 0.3) is 5.69 Å². The summed E-state index contributed by atoms with van der Waals surface area (Å²) in [6, 6.07) is 9.29. The summed E-state index contributed by atoms with van der Waals surface area (Å²) in [6.45, 7) is 1.02. The molecule has 8 heteroatoms. The smallest absolute Gasteiger partial charge is 0.317 e. The molecule has 126 valence electrons. The number of hydrogen-bond acceptors (Lipinski definition) is 4. The Morgan fingerprint density at radius 1 is 1.29 bits per heavy atom. The zero-order valence-corrected chi connectivity index (χ0v) is 13.1. The monoisotopic (exact) mass is 329 g/mol. The van der Waals surface area contributed by atoms with E-state index in [1.807, 2.05) is 30.3 Å². The van der Waals surface area contributed by atoms with Gasteiger partial charge in [0.1, 0.15) is 6.33 Å². The largest absolute Gasteiger partial charge is 0.481 e. The van der Waals surface area contributed by atoms with Crippen LogP contribution in [-0.4, -0.2) is 49.9 Å². The van der Waals surface area contributed by atoms with E-state index in [-0.39, 0.29) is 19.1 Å². The highest BCUT2D eigenvalue weighted by molar-refractivity contribution is 5.76. The highest BCUT2D eigenvalue weighted by Crippen LogP contribution is 2.16. The van der Waals surface area contributed by atoms with E-state index in [0.29, 0.717) is 25.2 Å². The predicted octanol–water partition coefficient (Wildman–Crippen LogP) is 1.27. The van der Waals surface area contributed by atoms with Crippen molar-refractivity contribution in [3.05, 3.63) is 42.5 Å². The molecule has 2 amide bonds. The molecule has 0 spiro atoms. The van der Waals surface area contributed by atoms with Gasteiger partial charge in [0, 0.05) is 13.1 Å². The lowest BCUT2D eigenvalue weighted by Crippen LogP contribution is -2.46. The third-order valence-electron chi connectivity index (χ3n) is 4.02. The van der Waals surface area contributed by atoms with Gasteiger partial charge in [0.2, 0.25) is 0 Å². The Balaban J connectivity index is 1.55. The van der Waals surface area contributed by atoms with E-state index in [0.717, 1.165) is 5.69 Å². The number of aliphatic carboxylic acids is 1. The number of hydrogen-bond donors (Lipinski definition) is 2. The van der Waals surface area contributed by atoms with Crippen molar-refractivity contribution in [3.8, 4) is 5.69 Å². The summed E-state index contributed by atoms with van der Waals surface area (Å²) in [4.78, 5) is 28.9. The molecule has 1 saturated heterocycles. The average Bonchev–Trinajstić information content (AvgIpc) is 3.09. The fourth-order valence-corrected chi connectivity index (χ4v) is 2.71. The van der Waals surface area contributed by atoms with Crippen LogP contribution in [-0.2, 0) is 11.3 Å². The van der Waals surface area contributed by atoms with Crippen LogP contribution in [0.2, 0.25) is 0 Å². The van der Waals surface area contributed by atoms with Gasteiger partial charge in [-0.2, -0.15) is 0 Å². The summed E-state index contributed by atoms with van der Waals surface area (Å²) in [5.74, 6) is -0.838. The van der Waals surface area contributed by atoms with Crippen molar-refractivity contribution in [1.29, 1.82) is 0 Å². The highest BCUT2D eigenvalue weighted by Gasteiger charge is 2.28. The number of urea groups is 1. The van der Waals surface area contributed by atoms with Crippen LogP contribution in [0.1, 0.15) is 18.7 Å². The number of para-hydroxylation sites is 1. The Hall–Kier alpha value is -2.90. The Morgan fingerprint density at radius 3 is 2.83 bits per heavy atom. The quantitative estimate of drug-likeness (QED) is 0.880. The standard InChI is InChI=1S/C16H19N5O3/c22-15(23)12-5-4-8-20(10-12)16(24)17-9-14-18-11-21(19-14)13-6-2-1-3-7-13/h1-3,6-7,11-12H,4-5,8-10H2,(H,17,24)(H,22,23). The summed E-state index contributed by atoms with van der Waals surface area (Å²) >= 11 is 0. The lowest BCUT2D eigenvalue weighted by Gasteiger charge is -2.30. The van der Waals surface area contributed by atoms with Gasteiger partial charge in [0.15, 0.2) is 5.82 Å². The molecule has 1 aliphatic heterocycles. The maximum atomic E-state index is 12.2. The highest BCUT2D eigenvalue weighted by atomic mass is 16.4. The van der Waals surface area contributed by atoms with Crippen LogP contribution >= 0.6 is 0 Å². The summed E-state index contributed by atoms with van der Waals surface area (Å²) in [5.41, 5.74) is 0.892. The molecule has 0 radical (unpaired) electrons. The molecule has 0 saturated carbocycles. The van der Waals surface area contributed by atoms with Gasteiger partial charge < -0.3 is 15.3 Å². The Bertz CT molecular complexity index is 716. The third-order valence-corrected chi connectivity index (χ3v) is 4.02. The van der Waals surface area contributed by atoms with Crippen molar-refractivity contribution in [3.63, 3.8) is 0 Å². The van der Waals surface area contributed by atoms with E-state index in [2.05, 4.69) is 15.4 Å². The van der Waals surface area contributed by atoms with E-state index in [4.69, 9.17) is 5.11 Å². The van der Waals surface area contributed by atoms with Gasteiger partial charge in [-0.15, -0.1) is 5.10 Å². The number of rotatable bonds is 4.